The van der Waals surface area contributed by atoms with Crippen LogP contribution in [-0.2, 0) is 6.54 Å². The second-order valence-electron chi connectivity index (χ2n) is 4.53. The average Bonchev–Trinajstić information content (AvgIpc) is 2.68. The Balaban J connectivity index is 1.87. The highest BCUT2D eigenvalue weighted by Gasteiger charge is 2.14. The van der Waals surface area contributed by atoms with Crippen molar-refractivity contribution in [2.45, 2.75) is 32.7 Å². The highest BCUT2D eigenvalue weighted by Crippen LogP contribution is 2.19. The number of hydrogen-bond donors (Lipinski definition) is 1. The first-order chi connectivity index (χ1) is 7.79. The molecule has 1 aliphatic heterocycles. The zero-order valence-corrected chi connectivity index (χ0v) is 10.2. The van der Waals surface area contributed by atoms with Gasteiger partial charge in [0.15, 0.2) is 0 Å². The molecule has 1 aliphatic rings. The molecule has 1 aromatic rings. The minimum Gasteiger partial charge on any atom is -0.481 e. The van der Waals surface area contributed by atoms with Crippen LogP contribution in [0, 0.1) is 12.8 Å². The maximum Gasteiger partial charge on any atom is 0.211 e. The van der Waals surface area contributed by atoms with E-state index >= 15 is 0 Å². The minimum absolute atomic E-state index is 0.843. The molecule has 90 valence electrons. The van der Waals surface area contributed by atoms with E-state index in [1.807, 2.05) is 17.7 Å². The van der Waals surface area contributed by atoms with Gasteiger partial charge in [-0.15, -0.1) is 0 Å². The number of aromatic nitrogens is 2. The maximum atomic E-state index is 5.29. The van der Waals surface area contributed by atoms with Crippen molar-refractivity contribution in [3.8, 4) is 5.88 Å². The fraction of sp³-hybridized carbons (Fsp3) is 0.750. The fourth-order valence-corrected chi connectivity index (χ4v) is 2.32. The van der Waals surface area contributed by atoms with E-state index in [1.165, 1.54) is 32.4 Å². The van der Waals surface area contributed by atoms with Gasteiger partial charge in [-0.2, -0.15) is 5.10 Å². The second kappa shape index (κ2) is 5.34. The summed E-state index contributed by atoms with van der Waals surface area (Å²) in [6, 6.07) is 1.99. The predicted molar refractivity (Wildman–Crippen MR) is 63.7 cm³/mol. The van der Waals surface area contributed by atoms with Crippen LogP contribution in [0.5, 0.6) is 5.88 Å². The Bertz CT molecular complexity index is 329. The number of piperidine rings is 1. The molecule has 0 unspecified atom stereocenters. The first kappa shape index (κ1) is 11.5. The normalized spacial score (nSPS) is 17.6. The second-order valence-corrected chi connectivity index (χ2v) is 4.53. The molecular weight excluding hydrogens is 202 g/mol. The van der Waals surface area contributed by atoms with Gasteiger partial charge in [-0.3, -0.25) is 0 Å². The molecule has 1 aromatic heterocycles. The quantitative estimate of drug-likeness (QED) is 0.842. The van der Waals surface area contributed by atoms with E-state index in [4.69, 9.17) is 4.74 Å². The standard InChI is InChI=1S/C12H21N3O/c1-10-9-12(16-2)15(14-10)8-5-11-3-6-13-7-4-11/h9,11,13H,3-8H2,1-2H3. The summed E-state index contributed by atoms with van der Waals surface area (Å²) in [6.07, 6.45) is 3.80. The van der Waals surface area contributed by atoms with Crippen LogP contribution in [0.15, 0.2) is 6.07 Å². The summed E-state index contributed by atoms with van der Waals surface area (Å²) >= 11 is 0. The Morgan fingerprint density at radius 2 is 2.25 bits per heavy atom. The topological polar surface area (TPSA) is 39.1 Å². The number of nitrogens with zero attached hydrogens (tertiary/aromatic N) is 2. The van der Waals surface area contributed by atoms with Gasteiger partial charge in [0.2, 0.25) is 5.88 Å². The van der Waals surface area contributed by atoms with E-state index in [-0.39, 0.29) is 0 Å². The highest BCUT2D eigenvalue weighted by molar-refractivity contribution is 5.14. The monoisotopic (exact) mass is 223 g/mol. The van der Waals surface area contributed by atoms with Gasteiger partial charge in [0.25, 0.3) is 0 Å². The van der Waals surface area contributed by atoms with Crippen LogP contribution in [0.3, 0.4) is 0 Å². The van der Waals surface area contributed by atoms with Gasteiger partial charge in [0.05, 0.1) is 12.8 Å². The Morgan fingerprint density at radius 1 is 1.50 bits per heavy atom. The van der Waals surface area contributed by atoms with Crippen LogP contribution in [-0.4, -0.2) is 30.0 Å². The zero-order chi connectivity index (χ0) is 11.4. The summed E-state index contributed by atoms with van der Waals surface area (Å²) in [5, 5.41) is 7.83. The van der Waals surface area contributed by atoms with Crippen molar-refractivity contribution in [2.75, 3.05) is 20.2 Å². The van der Waals surface area contributed by atoms with Gasteiger partial charge in [-0.1, -0.05) is 0 Å². The molecule has 1 N–H and O–H groups in total. The van der Waals surface area contributed by atoms with Crippen molar-refractivity contribution in [1.29, 1.82) is 0 Å². The predicted octanol–water partition coefficient (Wildman–Crippen LogP) is 1.59. The van der Waals surface area contributed by atoms with Crippen molar-refractivity contribution >= 4 is 0 Å². The molecule has 2 heterocycles. The highest BCUT2D eigenvalue weighted by atomic mass is 16.5. The lowest BCUT2D eigenvalue weighted by molar-refractivity contribution is 0.309. The van der Waals surface area contributed by atoms with Gasteiger partial charge in [-0.05, 0) is 45.2 Å². The summed E-state index contributed by atoms with van der Waals surface area (Å²) < 4.78 is 7.28. The molecule has 16 heavy (non-hydrogen) atoms. The van der Waals surface area contributed by atoms with Crippen molar-refractivity contribution in [3.63, 3.8) is 0 Å². The Morgan fingerprint density at radius 3 is 2.94 bits per heavy atom. The third-order valence-corrected chi connectivity index (χ3v) is 3.28. The Hall–Kier alpha value is -1.03. The summed E-state index contributed by atoms with van der Waals surface area (Å²) in [6.45, 7) is 5.31. The van der Waals surface area contributed by atoms with E-state index in [0.29, 0.717) is 0 Å². The van der Waals surface area contributed by atoms with E-state index in [0.717, 1.165) is 24.0 Å². The van der Waals surface area contributed by atoms with Crippen LogP contribution in [0.2, 0.25) is 0 Å². The van der Waals surface area contributed by atoms with Crippen LogP contribution >= 0.6 is 0 Å². The van der Waals surface area contributed by atoms with Crippen LogP contribution < -0.4 is 10.1 Å². The average molecular weight is 223 g/mol. The number of aryl methyl sites for hydroxylation is 2. The molecule has 0 spiro atoms. The van der Waals surface area contributed by atoms with Crippen molar-refractivity contribution in [3.05, 3.63) is 11.8 Å². The van der Waals surface area contributed by atoms with Gasteiger partial charge >= 0.3 is 0 Å². The van der Waals surface area contributed by atoms with Gasteiger partial charge in [0.1, 0.15) is 0 Å². The van der Waals surface area contributed by atoms with E-state index in [2.05, 4.69) is 10.4 Å². The molecule has 0 aromatic carbocycles. The molecule has 1 fully saturated rings. The fourth-order valence-electron chi connectivity index (χ4n) is 2.32. The Labute approximate surface area is 97.0 Å². The summed E-state index contributed by atoms with van der Waals surface area (Å²) in [5.41, 5.74) is 1.03. The lowest BCUT2D eigenvalue weighted by Gasteiger charge is -2.22. The molecule has 0 bridgehead atoms. The molecule has 4 heteroatoms. The molecule has 0 radical (unpaired) electrons. The smallest absolute Gasteiger partial charge is 0.211 e. The van der Waals surface area contributed by atoms with Gasteiger partial charge in [0, 0.05) is 12.6 Å². The largest absolute Gasteiger partial charge is 0.481 e. The van der Waals surface area contributed by atoms with Crippen LogP contribution in [0.1, 0.15) is 25.0 Å². The molecule has 1 saturated heterocycles. The first-order valence-corrected chi connectivity index (χ1v) is 6.09. The SMILES string of the molecule is COc1cc(C)nn1CCC1CCNCC1. The van der Waals surface area contributed by atoms with Crippen molar-refractivity contribution < 1.29 is 4.74 Å². The maximum absolute atomic E-state index is 5.29. The third-order valence-electron chi connectivity index (χ3n) is 3.28. The molecule has 0 saturated carbocycles. The van der Waals surface area contributed by atoms with Gasteiger partial charge < -0.3 is 10.1 Å². The molecule has 0 amide bonds. The van der Waals surface area contributed by atoms with Crippen molar-refractivity contribution in [2.24, 2.45) is 5.92 Å². The third kappa shape index (κ3) is 2.76. The van der Waals surface area contributed by atoms with Crippen molar-refractivity contribution in [1.82, 2.24) is 15.1 Å². The lowest BCUT2D eigenvalue weighted by atomic mass is 9.95. The number of hydrogen-bond acceptors (Lipinski definition) is 3. The van der Waals surface area contributed by atoms with Crippen LogP contribution in [0.25, 0.3) is 0 Å². The number of ether oxygens (including phenoxy) is 1. The zero-order valence-electron chi connectivity index (χ0n) is 10.2. The summed E-state index contributed by atoms with van der Waals surface area (Å²) in [5.74, 6) is 1.72. The van der Waals surface area contributed by atoms with E-state index < -0.39 is 0 Å². The Kier molecular flexibility index (Phi) is 3.83. The number of nitrogens with one attached hydrogen (secondary N) is 1. The summed E-state index contributed by atoms with van der Waals surface area (Å²) in [4.78, 5) is 0. The molecule has 0 aliphatic carbocycles. The molecule has 4 nitrogen and oxygen atoms in total. The summed E-state index contributed by atoms with van der Waals surface area (Å²) in [7, 11) is 1.71. The molecule has 2 rings (SSSR count). The minimum atomic E-state index is 0.843. The van der Waals surface area contributed by atoms with E-state index in [9.17, 15) is 0 Å². The lowest BCUT2D eigenvalue weighted by Crippen LogP contribution is -2.28. The molecule has 0 atom stereocenters. The van der Waals surface area contributed by atoms with Gasteiger partial charge in [-0.25, -0.2) is 4.68 Å². The first-order valence-electron chi connectivity index (χ1n) is 6.09. The van der Waals surface area contributed by atoms with E-state index in [1.54, 1.807) is 7.11 Å². The molecular formula is C12H21N3O. The van der Waals surface area contributed by atoms with Crippen LogP contribution in [0.4, 0.5) is 0 Å². The number of methoxy groups -OCH3 is 1. The number of rotatable bonds is 4.